The van der Waals surface area contributed by atoms with Crippen LogP contribution in [0.4, 0.5) is 11.5 Å². The Morgan fingerprint density at radius 2 is 1.86 bits per heavy atom. The summed E-state index contributed by atoms with van der Waals surface area (Å²) in [5.41, 5.74) is 7.24. The van der Waals surface area contributed by atoms with E-state index in [1.807, 2.05) is 17.0 Å². The Hall–Kier alpha value is -2.63. The van der Waals surface area contributed by atoms with Crippen LogP contribution in [-0.2, 0) is 0 Å². The lowest BCUT2D eigenvalue weighted by atomic mass is 10.2. The Morgan fingerprint density at radius 3 is 2.52 bits per heavy atom. The number of amides is 1. The van der Waals surface area contributed by atoms with Gasteiger partial charge in [-0.1, -0.05) is 0 Å². The second kappa shape index (κ2) is 5.78. The van der Waals surface area contributed by atoms with Crippen molar-refractivity contribution in [3.8, 4) is 0 Å². The number of rotatable bonds is 2. The minimum absolute atomic E-state index is 0.0248. The van der Waals surface area contributed by atoms with Gasteiger partial charge in [-0.2, -0.15) is 0 Å². The SMILES string of the molecule is Nc1cccnc1N1CCN(C(=O)c2cccnc2)CC1. The number of pyridine rings is 2. The van der Waals surface area contributed by atoms with Gasteiger partial charge in [-0.25, -0.2) is 4.98 Å². The van der Waals surface area contributed by atoms with Gasteiger partial charge >= 0.3 is 0 Å². The molecule has 0 radical (unpaired) electrons. The van der Waals surface area contributed by atoms with Crippen molar-refractivity contribution in [3.05, 3.63) is 48.4 Å². The molecule has 6 heteroatoms. The van der Waals surface area contributed by atoms with E-state index >= 15 is 0 Å². The van der Waals surface area contributed by atoms with Crippen LogP contribution in [0, 0.1) is 0 Å². The van der Waals surface area contributed by atoms with Crippen molar-refractivity contribution < 1.29 is 4.79 Å². The Bertz CT molecular complexity index is 623. The molecule has 1 fully saturated rings. The summed E-state index contributed by atoms with van der Waals surface area (Å²) >= 11 is 0. The minimum atomic E-state index is 0.0248. The number of nitrogen functional groups attached to an aromatic ring is 1. The average Bonchev–Trinajstić information content (AvgIpc) is 2.56. The lowest BCUT2D eigenvalue weighted by Gasteiger charge is -2.35. The molecule has 0 bridgehead atoms. The predicted octanol–water partition coefficient (Wildman–Crippen LogP) is 1.02. The molecule has 0 unspecified atom stereocenters. The summed E-state index contributed by atoms with van der Waals surface area (Å²) in [7, 11) is 0. The van der Waals surface area contributed by atoms with Gasteiger partial charge in [-0.3, -0.25) is 9.78 Å². The van der Waals surface area contributed by atoms with Gasteiger partial charge in [0.2, 0.25) is 0 Å². The first-order valence-electron chi connectivity index (χ1n) is 6.90. The molecule has 0 atom stereocenters. The normalized spacial score (nSPS) is 15.0. The lowest BCUT2D eigenvalue weighted by molar-refractivity contribution is 0.0746. The third kappa shape index (κ3) is 2.79. The molecular weight excluding hydrogens is 266 g/mol. The number of hydrogen-bond donors (Lipinski definition) is 1. The maximum absolute atomic E-state index is 12.3. The van der Waals surface area contributed by atoms with Gasteiger partial charge in [0.15, 0.2) is 5.82 Å². The summed E-state index contributed by atoms with van der Waals surface area (Å²) in [6.07, 6.45) is 5.00. The molecule has 0 spiro atoms. The highest BCUT2D eigenvalue weighted by atomic mass is 16.2. The quantitative estimate of drug-likeness (QED) is 0.890. The number of aromatic nitrogens is 2. The van der Waals surface area contributed by atoms with E-state index in [2.05, 4.69) is 14.9 Å². The molecule has 0 saturated carbocycles. The molecule has 0 aromatic carbocycles. The van der Waals surface area contributed by atoms with E-state index in [9.17, 15) is 4.79 Å². The molecule has 2 N–H and O–H groups in total. The van der Waals surface area contributed by atoms with Crippen LogP contribution in [0.25, 0.3) is 0 Å². The summed E-state index contributed by atoms with van der Waals surface area (Å²) in [6.45, 7) is 2.77. The fraction of sp³-hybridized carbons (Fsp3) is 0.267. The van der Waals surface area contributed by atoms with Crippen LogP contribution in [0.15, 0.2) is 42.9 Å². The number of carbonyl (C=O) groups is 1. The summed E-state index contributed by atoms with van der Waals surface area (Å²) in [5.74, 6) is 0.822. The average molecular weight is 283 g/mol. The van der Waals surface area contributed by atoms with Crippen molar-refractivity contribution in [2.75, 3.05) is 36.8 Å². The third-order valence-corrected chi connectivity index (χ3v) is 3.59. The standard InChI is InChI=1S/C15H17N5O/c16-13-4-2-6-18-14(13)19-7-9-20(10-8-19)15(21)12-3-1-5-17-11-12/h1-6,11H,7-10,16H2. The van der Waals surface area contributed by atoms with Gasteiger partial charge in [0, 0.05) is 44.8 Å². The number of nitrogens with two attached hydrogens (primary N) is 1. The van der Waals surface area contributed by atoms with Crippen LogP contribution in [-0.4, -0.2) is 47.0 Å². The lowest BCUT2D eigenvalue weighted by Crippen LogP contribution is -2.49. The maximum atomic E-state index is 12.3. The minimum Gasteiger partial charge on any atom is -0.396 e. The summed E-state index contributed by atoms with van der Waals surface area (Å²) < 4.78 is 0. The van der Waals surface area contributed by atoms with Crippen LogP contribution in [0.1, 0.15) is 10.4 Å². The van der Waals surface area contributed by atoms with E-state index in [0.717, 1.165) is 18.9 Å². The molecule has 1 aliphatic rings. The number of hydrogen-bond acceptors (Lipinski definition) is 5. The fourth-order valence-corrected chi connectivity index (χ4v) is 2.47. The summed E-state index contributed by atoms with van der Waals surface area (Å²) in [4.78, 5) is 24.6. The second-order valence-electron chi connectivity index (χ2n) is 4.94. The maximum Gasteiger partial charge on any atom is 0.255 e. The van der Waals surface area contributed by atoms with Crippen molar-refractivity contribution in [3.63, 3.8) is 0 Å². The first kappa shape index (κ1) is 13.4. The molecule has 1 saturated heterocycles. The van der Waals surface area contributed by atoms with E-state index in [1.54, 1.807) is 30.7 Å². The Labute approximate surface area is 123 Å². The molecule has 1 amide bonds. The number of nitrogens with zero attached hydrogens (tertiary/aromatic N) is 4. The molecular formula is C15H17N5O. The summed E-state index contributed by atoms with van der Waals surface area (Å²) in [6, 6.07) is 7.23. The Balaban J connectivity index is 1.66. The molecule has 21 heavy (non-hydrogen) atoms. The molecule has 6 nitrogen and oxygen atoms in total. The molecule has 108 valence electrons. The summed E-state index contributed by atoms with van der Waals surface area (Å²) in [5, 5.41) is 0. The van der Waals surface area contributed by atoms with Crippen molar-refractivity contribution in [1.82, 2.24) is 14.9 Å². The van der Waals surface area contributed by atoms with Crippen molar-refractivity contribution >= 4 is 17.4 Å². The van der Waals surface area contributed by atoms with Crippen molar-refractivity contribution in [1.29, 1.82) is 0 Å². The zero-order valence-electron chi connectivity index (χ0n) is 11.6. The smallest absolute Gasteiger partial charge is 0.255 e. The second-order valence-corrected chi connectivity index (χ2v) is 4.94. The number of piperazine rings is 1. The number of anilines is 2. The van der Waals surface area contributed by atoms with Gasteiger partial charge in [-0.15, -0.1) is 0 Å². The predicted molar refractivity (Wildman–Crippen MR) is 81.0 cm³/mol. The highest BCUT2D eigenvalue weighted by Crippen LogP contribution is 2.20. The molecule has 1 aliphatic heterocycles. The Morgan fingerprint density at radius 1 is 1.10 bits per heavy atom. The van der Waals surface area contributed by atoms with Gasteiger partial charge < -0.3 is 15.5 Å². The van der Waals surface area contributed by atoms with E-state index < -0.39 is 0 Å². The highest BCUT2D eigenvalue weighted by molar-refractivity contribution is 5.94. The van der Waals surface area contributed by atoms with Crippen LogP contribution in [0.3, 0.4) is 0 Å². The topological polar surface area (TPSA) is 75.3 Å². The van der Waals surface area contributed by atoms with Gasteiger partial charge in [0.05, 0.1) is 11.3 Å². The van der Waals surface area contributed by atoms with E-state index in [0.29, 0.717) is 24.3 Å². The third-order valence-electron chi connectivity index (χ3n) is 3.59. The largest absolute Gasteiger partial charge is 0.396 e. The molecule has 2 aromatic heterocycles. The van der Waals surface area contributed by atoms with Gasteiger partial charge in [0.25, 0.3) is 5.91 Å². The Kier molecular flexibility index (Phi) is 3.68. The first-order chi connectivity index (χ1) is 10.3. The van der Waals surface area contributed by atoms with Crippen LogP contribution in [0.2, 0.25) is 0 Å². The van der Waals surface area contributed by atoms with Gasteiger partial charge in [0.1, 0.15) is 0 Å². The molecule has 2 aromatic rings. The monoisotopic (exact) mass is 283 g/mol. The van der Waals surface area contributed by atoms with E-state index in [4.69, 9.17) is 5.73 Å². The number of carbonyl (C=O) groups excluding carboxylic acids is 1. The zero-order valence-corrected chi connectivity index (χ0v) is 11.6. The first-order valence-corrected chi connectivity index (χ1v) is 6.90. The van der Waals surface area contributed by atoms with E-state index in [-0.39, 0.29) is 5.91 Å². The van der Waals surface area contributed by atoms with Crippen LogP contribution in [0.5, 0.6) is 0 Å². The van der Waals surface area contributed by atoms with Gasteiger partial charge in [-0.05, 0) is 24.3 Å². The highest BCUT2D eigenvalue weighted by Gasteiger charge is 2.23. The zero-order chi connectivity index (χ0) is 14.7. The van der Waals surface area contributed by atoms with Crippen LogP contribution < -0.4 is 10.6 Å². The molecule has 0 aliphatic carbocycles. The molecule has 3 rings (SSSR count). The van der Waals surface area contributed by atoms with Crippen molar-refractivity contribution in [2.24, 2.45) is 0 Å². The van der Waals surface area contributed by atoms with Crippen molar-refractivity contribution in [2.45, 2.75) is 0 Å². The van der Waals surface area contributed by atoms with Crippen LogP contribution >= 0.6 is 0 Å². The fourth-order valence-electron chi connectivity index (χ4n) is 2.47. The molecule has 3 heterocycles. The van der Waals surface area contributed by atoms with E-state index in [1.165, 1.54) is 0 Å².